The van der Waals surface area contributed by atoms with Crippen LogP contribution in [0, 0.1) is 5.92 Å². The van der Waals surface area contributed by atoms with Crippen molar-refractivity contribution in [1.82, 2.24) is 10.6 Å². The molecule has 0 radical (unpaired) electrons. The van der Waals surface area contributed by atoms with Crippen molar-refractivity contribution in [2.24, 2.45) is 10.9 Å². The largest absolute Gasteiger partial charge is 0.357 e. The lowest BCUT2D eigenvalue weighted by molar-refractivity contribution is -0.121. The number of amides is 1. The molecule has 4 nitrogen and oxygen atoms in total. The van der Waals surface area contributed by atoms with E-state index < -0.39 is 0 Å². The first-order valence-corrected chi connectivity index (χ1v) is 6.70. The van der Waals surface area contributed by atoms with Crippen LogP contribution in [0.3, 0.4) is 0 Å². The molecular formula is C11H21N3OS. The van der Waals surface area contributed by atoms with E-state index in [-0.39, 0.29) is 11.9 Å². The van der Waals surface area contributed by atoms with Crippen molar-refractivity contribution < 1.29 is 4.79 Å². The lowest BCUT2D eigenvalue weighted by atomic mass is 10.1. The van der Waals surface area contributed by atoms with Gasteiger partial charge in [-0.15, -0.1) is 0 Å². The van der Waals surface area contributed by atoms with Crippen LogP contribution in [-0.4, -0.2) is 36.0 Å². The molecule has 1 aliphatic heterocycles. The van der Waals surface area contributed by atoms with E-state index in [4.69, 9.17) is 0 Å². The van der Waals surface area contributed by atoms with Gasteiger partial charge in [0.05, 0.1) is 6.04 Å². The molecule has 1 heterocycles. The normalized spacial score (nSPS) is 21.8. The van der Waals surface area contributed by atoms with Crippen LogP contribution in [0.2, 0.25) is 0 Å². The fourth-order valence-electron chi connectivity index (χ4n) is 1.63. The molecule has 0 saturated carbocycles. The minimum absolute atomic E-state index is 0.00407. The molecule has 2 unspecified atom stereocenters. The van der Waals surface area contributed by atoms with Gasteiger partial charge < -0.3 is 10.6 Å². The van der Waals surface area contributed by atoms with Crippen molar-refractivity contribution in [3.05, 3.63) is 0 Å². The Hall–Kier alpha value is -0.710. The van der Waals surface area contributed by atoms with E-state index >= 15 is 0 Å². The molecule has 92 valence electrons. The Labute approximate surface area is 102 Å². The van der Waals surface area contributed by atoms with Gasteiger partial charge in [-0.1, -0.05) is 25.6 Å². The molecule has 2 atom stereocenters. The van der Waals surface area contributed by atoms with Crippen molar-refractivity contribution in [2.75, 3.05) is 12.8 Å². The van der Waals surface area contributed by atoms with Crippen LogP contribution in [-0.2, 0) is 4.79 Å². The third kappa shape index (κ3) is 4.04. The number of carbonyl (C=O) groups is 1. The molecule has 0 spiro atoms. The Morgan fingerprint density at radius 1 is 1.56 bits per heavy atom. The zero-order valence-corrected chi connectivity index (χ0v) is 11.2. The summed E-state index contributed by atoms with van der Waals surface area (Å²) in [6.45, 7) is 6.26. The summed E-state index contributed by atoms with van der Waals surface area (Å²) in [6, 6.07) is 0.193. The number of hydrogen-bond acceptors (Lipinski definition) is 4. The predicted molar refractivity (Wildman–Crippen MR) is 69.8 cm³/mol. The van der Waals surface area contributed by atoms with Crippen LogP contribution in [0.1, 0.15) is 27.2 Å². The lowest BCUT2D eigenvalue weighted by Gasteiger charge is -2.12. The average Bonchev–Trinajstić information content (AvgIpc) is 2.63. The SMILES string of the molecule is CNC(=O)C(C)NC1=NC(CC(C)C)CS1. The fourth-order valence-corrected chi connectivity index (χ4v) is 2.67. The number of rotatable bonds is 4. The summed E-state index contributed by atoms with van der Waals surface area (Å²) in [7, 11) is 1.64. The quantitative estimate of drug-likeness (QED) is 0.781. The zero-order valence-electron chi connectivity index (χ0n) is 10.4. The maximum atomic E-state index is 11.3. The second kappa shape index (κ2) is 6.13. The molecule has 0 aromatic heterocycles. The summed E-state index contributed by atoms with van der Waals surface area (Å²) in [5, 5.41) is 6.65. The minimum atomic E-state index is -0.214. The number of aliphatic imine (C=N–C) groups is 1. The van der Waals surface area contributed by atoms with Crippen molar-refractivity contribution >= 4 is 22.8 Å². The van der Waals surface area contributed by atoms with Gasteiger partial charge >= 0.3 is 0 Å². The summed E-state index contributed by atoms with van der Waals surface area (Å²) in [5.74, 6) is 1.70. The van der Waals surface area contributed by atoms with Gasteiger partial charge in [0.2, 0.25) is 5.91 Å². The number of likely N-dealkylation sites (N-methyl/N-ethyl adjacent to an activating group) is 1. The highest BCUT2D eigenvalue weighted by molar-refractivity contribution is 8.14. The molecule has 1 rings (SSSR count). The topological polar surface area (TPSA) is 53.5 Å². The first-order chi connectivity index (χ1) is 7.52. The Morgan fingerprint density at radius 3 is 2.81 bits per heavy atom. The summed E-state index contributed by atoms with van der Waals surface area (Å²) in [5.41, 5.74) is 0. The maximum absolute atomic E-state index is 11.3. The van der Waals surface area contributed by atoms with E-state index in [1.165, 1.54) is 0 Å². The van der Waals surface area contributed by atoms with Gasteiger partial charge in [0.15, 0.2) is 5.17 Å². The number of nitrogens with zero attached hydrogens (tertiary/aromatic N) is 1. The molecule has 0 saturated heterocycles. The summed E-state index contributed by atoms with van der Waals surface area (Å²) >= 11 is 1.71. The third-order valence-corrected chi connectivity index (χ3v) is 3.48. The number of carbonyl (C=O) groups excluding carboxylic acids is 1. The Kier molecular flexibility index (Phi) is 5.12. The predicted octanol–water partition coefficient (Wildman–Crippen LogP) is 1.23. The van der Waals surface area contributed by atoms with Gasteiger partial charge in [-0.05, 0) is 19.3 Å². The van der Waals surface area contributed by atoms with Gasteiger partial charge in [-0.25, -0.2) is 0 Å². The highest BCUT2D eigenvalue weighted by atomic mass is 32.2. The standard InChI is InChI=1S/C11H21N3OS/c1-7(2)5-9-6-16-11(14-9)13-8(3)10(15)12-4/h7-9H,5-6H2,1-4H3,(H,12,15)(H,13,14). The Balaban J connectivity index is 2.41. The van der Waals surface area contributed by atoms with Crippen molar-refractivity contribution in [3.8, 4) is 0 Å². The Morgan fingerprint density at radius 2 is 2.25 bits per heavy atom. The number of nitrogens with one attached hydrogen (secondary N) is 2. The van der Waals surface area contributed by atoms with Gasteiger partial charge in [0, 0.05) is 12.8 Å². The molecule has 0 bridgehead atoms. The molecule has 0 fully saturated rings. The molecule has 0 aromatic carbocycles. The highest BCUT2D eigenvalue weighted by Gasteiger charge is 2.21. The van der Waals surface area contributed by atoms with E-state index in [9.17, 15) is 4.79 Å². The van der Waals surface area contributed by atoms with Gasteiger partial charge in [0.25, 0.3) is 0 Å². The van der Waals surface area contributed by atoms with Gasteiger partial charge in [-0.3, -0.25) is 9.79 Å². The van der Waals surface area contributed by atoms with E-state index in [0.29, 0.717) is 12.0 Å². The van der Waals surface area contributed by atoms with Crippen LogP contribution in [0.15, 0.2) is 4.99 Å². The van der Waals surface area contributed by atoms with Gasteiger partial charge in [0.1, 0.15) is 6.04 Å². The molecular weight excluding hydrogens is 222 g/mol. The van der Waals surface area contributed by atoms with E-state index in [1.807, 2.05) is 6.92 Å². The fraction of sp³-hybridized carbons (Fsp3) is 0.818. The molecule has 0 aromatic rings. The van der Waals surface area contributed by atoms with Crippen LogP contribution in [0.25, 0.3) is 0 Å². The number of thioether (sulfide) groups is 1. The molecule has 1 aliphatic rings. The average molecular weight is 243 g/mol. The third-order valence-electron chi connectivity index (χ3n) is 2.44. The zero-order chi connectivity index (χ0) is 12.1. The van der Waals surface area contributed by atoms with Crippen molar-refractivity contribution in [1.29, 1.82) is 0 Å². The minimum Gasteiger partial charge on any atom is -0.357 e. The highest BCUT2D eigenvalue weighted by Crippen LogP contribution is 2.21. The number of hydrogen-bond donors (Lipinski definition) is 2. The first-order valence-electron chi connectivity index (χ1n) is 5.71. The molecule has 16 heavy (non-hydrogen) atoms. The van der Waals surface area contributed by atoms with Gasteiger partial charge in [-0.2, -0.15) is 0 Å². The van der Waals surface area contributed by atoms with Crippen LogP contribution in [0.5, 0.6) is 0 Å². The molecule has 0 aliphatic carbocycles. The molecule has 5 heteroatoms. The second-order valence-corrected chi connectivity index (χ2v) is 5.52. The van der Waals surface area contributed by atoms with Crippen LogP contribution < -0.4 is 10.6 Å². The van der Waals surface area contributed by atoms with Crippen molar-refractivity contribution in [2.45, 2.75) is 39.3 Å². The first kappa shape index (κ1) is 13.4. The van der Waals surface area contributed by atoms with Crippen LogP contribution >= 0.6 is 11.8 Å². The van der Waals surface area contributed by atoms with E-state index in [2.05, 4.69) is 29.5 Å². The second-order valence-electron chi connectivity index (χ2n) is 4.51. The number of amidine groups is 1. The molecule has 1 amide bonds. The monoisotopic (exact) mass is 243 g/mol. The van der Waals surface area contributed by atoms with Crippen molar-refractivity contribution in [3.63, 3.8) is 0 Å². The lowest BCUT2D eigenvalue weighted by Crippen LogP contribution is -2.42. The summed E-state index contributed by atoms with van der Waals surface area (Å²) in [6.07, 6.45) is 1.12. The summed E-state index contributed by atoms with van der Waals surface area (Å²) in [4.78, 5) is 15.9. The smallest absolute Gasteiger partial charge is 0.242 e. The van der Waals surface area contributed by atoms with E-state index in [0.717, 1.165) is 17.3 Å². The van der Waals surface area contributed by atoms with Crippen LogP contribution in [0.4, 0.5) is 0 Å². The Bertz CT molecular complexity index is 278. The summed E-state index contributed by atoms with van der Waals surface area (Å²) < 4.78 is 0. The maximum Gasteiger partial charge on any atom is 0.242 e. The molecule has 2 N–H and O–H groups in total. The van der Waals surface area contributed by atoms with E-state index in [1.54, 1.807) is 18.8 Å².